The lowest BCUT2D eigenvalue weighted by atomic mass is 9.92. The summed E-state index contributed by atoms with van der Waals surface area (Å²) in [6.45, 7) is 4.02. The van der Waals surface area contributed by atoms with E-state index in [1.54, 1.807) is 25.7 Å². The Hall–Kier alpha value is -2.42. The molecule has 0 radical (unpaired) electrons. The van der Waals surface area contributed by atoms with Crippen molar-refractivity contribution in [3.8, 4) is 11.5 Å². The van der Waals surface area contributed by atoms with Gasteiger partial charge in [-0.2, -0.15) is 0 Å². The molecule has 1 aliphatic rings. The SMILES string of the molecule is COc1cc(CNC[C@@]2(O)CCCN(c3cnccn3)C2)ccc1OCCN(C)C. The largest absolute Gasteiger partial charge is 0.493 e. The van der Waals surface area contributed by atoms with Crippen LogP contribution in [0.1, 0.15) is 18.4 Å². The number of β-amino-alcohol motifs (C(OH)–C–C–N with tert-alkyl or cyclic N) is 1. The van der Waals surface area contributed by atoms with Crippen LogP contribution in [-0.2, 0) is 6.54 Å². The molecular formula is C22H33N5O3. The maximum Gasteiger partial charge on any atom is 0.161 e. The van der Waals surface area contributed by atoms with Gasteiger partial charge in [-0.1, -0.05) is 6.07 Å². The fourth-order valence-corrected chi connectivity index (χ4v) is 3.63. The highest BCUT2D eigenvalue weighted by molar-refractivity contribution is 5.43. The van der Waals surface area contributed by atoms with Gasteiger partial charge in [0.25, 0.3) is 0 Å². The Morgan fingerprint density at radius 2 is 2.13 bits per heavy atom. The molecule has 1 aliphatic heterocycles. The van der Waals surface area contributed by atoms with E-state index in [1.807, 2.05) is 32.3 Å². The van der Waals surface area contributed by atoms with Crippen molar-refractivity contribution in [1.29, 1.82) is 0 Å². The summed E-state index contributed by atoms with van der Waals surface area (Å²) >= 11 is 0. The van der Waals surface area contributed by atoms with Crippen molar-refractivity contribution in [2.75, 3.05) is 58.9 Å². The van der Waals surface area contributed by atoms with Gasteiger partial charge in [-0.25, -0.2) is 4.98 Å². The van der Waals surface area contributed by atoms with E-state index in [0.29, 0.717) is 26.2 Å². The molecule has 1 saturated heterocycles. The molecular weight excluding hydrogens is 382 g/mol. The number of likely N-dealkylation sites (N-methyl/N-ethyl adjacent to an activating group) is 1. The first-order chi connectivity index (χ1) is 14.5. The second-order valence-electron chi connectivity index (χ2n) is 8.05. The van der Waals surface area contributed by atoms with Gasteiger partial charge in [0, 0.05) is 45.1 Å². The summed E-state index contributed by atoms with van der Waals surface area (Å²) in [4.78, 5) is 12.7. The van der Waals surface area contributed by atoms with Crippen molar-refractivity contribution in [2.45, 2.75) is 25.0 Å². The Bertz CT molecular complexity index is 790. The van der Waals surface area contributed by atoms with Crippen LogP contribution in [0.3, 0.4) is 0 Å². The zero-order valence-electron chi connectivity index (χ0n) is 18.2. The summed E-state index contributed by atoms with van der Waals surface area (Å²) in [5.74, 6) is 2.28. The van der Waals surface area contributed by atoms with Crippen molar-refractivity contribution in [3.05, 3.63) is 42.4 Å². The molecule has 2 N–H and O–H groups in total. The van der Waals surface area contributed by atoms with Crippen LogP contribution >= 0.6 is 0 Å². The summed E-state index contributed by atoms with van der Waals surface area (Å²) in [5.41, 5.74) is 0.284. The average Bonchev–Trinajstić information content (AvgIpc) is 2.75. The molecule has 1 aromatic carbocycles. The monoisotopic (exact) mass is 415 g/mol. The summed E-state index contributed by atoms with van der Waals surface area (Å²) in [6.07, 6.45) is 6.77. The molecule has 0 amide bonds. The van der Waals surface area contributed by atoms with E-state index >= 15 is 0 Å². The van der Waals surface area contributed by atoms with Crippen LogP contribution in [0.2, 0.25) is 0 Å². The quantitative estimate of drug-likeness (QED) is 0.605. The molecule has 0 unspecified atom stereocenters. The van der Waals surface area contributed by atoms with Crippen molar-refractivity contribution in [2.24, 2.45) is 0 Å². The minimum absolute atomic E-state index is 0.507. The van der Waals surface area contributed by atoms with E-state index in [0.717, 1.165) is 48.8 Å². The van der Waals surface area contributed by atoms with E-state index in [-0.39, 0.29) is 0 Å². The van der Waals surface area contributed by atoms with Crippen LogP contribution < -0.4 is 19.7 Å². The highest BCUT2D eigenvalue weighted by Gasteiger charge is 2.33. The normalized spacial score (nSPS) is 19.2. The first-order valence-electron chi connectivity index (χ1n) is 10.4. The maximum absolute atomic E-state index is 11.1. The van der Waals surface area contributed by atoms with Gasteiger partial charge in [-0.05, 0) is 44.6 Å². The zero-order valence-corrected chi connectivity index (χ0v) is 18.2. The lowest BCUT2D eigenvalue weighted by Gasteiger charge is -2.39. The van der Waals surface area contributed by atoms with Gasteiger partial charge in [0.2, 0.25) is 0 Å². The fourth-order valence-electron chi connectivity index (χ4n) is 3.63. The topological polar surface area (TPSA) is 83.0 Å². The van der Waals surface area contributed by atoms with Gasteiger partial charge in [-0.3, -0.25) is 4.98 Å². The molecule has 1 aromatic heterocycles. The molecule has 3 rings (SSSR count). The molecule has 0 spiro atoms. The smallest absolute Gasteiger partial charge is 0.161 e. The summed E-state index contributed by atoms with van der Waals surface area (Å²) in [5, 5.41) is 14.5. The predicted molar refractivity (Wildman–Crippen MR) is 117 cm³/mol. The summed E-state index contributed by atoms with van der Waals surface area (Å²) in [7, 11) is 5.68. The van der Waals surface area contributed by atoms with Gasteiger partial charge in [0.1, 0.15) is 12.4 Å². The van der Waals surface area contributed by atoms with E-state index in [9.17, 15) is 5.11 Å². The second kappa shape index (κ2) is 10.6. The molecule has 8 heteroatoms. The number of piperidine rings is 1. The standard InChI is InChI=1S/C22H33N5O3/c1-26(2)11-12-30-19-6-5-18(13-20(19)29-3)14-24-16-22(28)7-4-10-27(17-22)21-15-23-8-9-25-21/h5-6,8-9,13,15,24,28H,4,7,10-12,14,16-17H2,1-3H3/t22-/m0/s1. The maximum atomic E-state index is 11.1. The lowest BCUT2D eigenvalue weighted by Crippen LogP contribution is -2.53. The third-order valence-corrected chi connectivity index (χ3v) is 5.24. The third kappa shape index (κ3) is 6.29. The van der Waals surface area contributed by atoms with Crippen LogP contribution in [0, 0.1) is 0 Å². The number of aromatic nitrogens is 2. The number of nitrogens with zero attached hydrogens (tertiary/aromatic N) is 4. The Kier molecular flexibility index (Phi) is 7.84. The number of hydrogen-bond acceptors (Lipinski definition) is 8. The van der Waals surface area contributed by atoms with Crippen LogP contribution in [0.15, 0.2) is 36.8 Å². The second-order valence-corrected chi connectivity index (χ2v) is 8.05. The minimum Gasteiger partial charge on any atom is -0.493 e. The summed E-state index contributed by atoms with van der Waals surface area (Å²) < 4.78 is 11.3. The van der Waals surface area contributed by atoms with Gasteiger partial charge in [0.05, 0.1) is 18.9 Å². The molecule has 0 aliphatic carbocycles. The van der Waals surface area contributed by atoms with E-state index < -0.39 is 5.60 Å². The van der Waals surface area contributed by atoms with Crippen LogP contribution in [-0.4, -0.2) is 79.6 Å². The van der Waals surface area contributed by atoms with E-state index in [1.165, 1.54) is 0 Å². The van der Waals surface area contributed by atoms with E-state index in [4.69, 9.17) is 9.47 Å². The number of hydrogen-bond donors (Lipinski definition) is 2. The highest BCUT2D eigenvalue weighted by Crippen LogP contribution is 2.28. The van der Waals surface area contributed by atoms with Gasteiger partial charge < -0.3 is 29.7 Å². The van der Waals surface area contributed by atoms with Crippen molar-refractivity contribution in [1.82, 2.24) is 20.2 Å². The van der Waals surface area contributed by atoms with E-state index in [2.05, 4.69) is 25.1 Å². The van der Waals surface area contributed by atoms with Crippen LogP contribution in [0.5, 0.6) is 11.5 Å². The highest BCUT2D eigenvalue weighted by atomic mass is 16.5. The fraction of sp³-hybridized carbons (Fsp3) is 0.545. The van der Waals surface area contributed by atoms with Crippen LogP contribution in [0.25, 0.3) is 0 Å². The first-order valence-corrected chi connectivity index (χ1v) is 10.4. The summed E-state index contributed by atoms with van der Waals surface area (Å²) in [6, 6.07) is 5.95. The molecule has 0 bridgehead atoms. The molecule has 2 aromatic rings. The van der Waals surface area contributed by atoms with Gasteiger partial charge >= 0.3 is 0 Å². The number of nitrogens with one attached hydrogen (secondary N) is 1. The Morgan fingerprint density at radius 1 is 1.27 bits per heavy atom. The predicted octanol–water partition coefficient (Wildman–Crippen LogP) is 1.55. The molecule has 1 fully saturated rings. The number of methoxy groups -OCH3 is 1. The molecule has 0 saturated carbocycles. The Balaban J connectivity index is 1.52. The van der Waals surface area contributed by atoms with Crippen molar-refractivity contribution in [3.63, 3.8) is 0 Å². The third-order valence-electron chi connectivity index (χ3n) is 5.24. The number of benzene rings is 1. The van der Waals surface area contributed by atoms with Crippen molar-refractivity contribution >= 4 is 5.82 Å². The minimum atomic E-state index is -0.797. The molecule has 2 heterocycles. The molecule has 8 nitrogen and oxygen atoms in total. The number of rotatable bonds is 10. The number of aliphatic hydroxyl groups is 1. The number of ether oxygens (including phenoxy) is 2. The average molecular weight is 416 g/mol. The molecule has 1 atom stereocenters. The molecule has 30 heavy (non-hydrogen) atoms. The lowest BCUT2D eigenvalue weighted by molar-refractivity contribution is 0.0258. The Labute approximate surface area is 178 Å². The zero-order chi connectivity index (χ0) is 21.4. The van der Waals surface area contributed by atoms with Gasteiger partial charge in [0.15, 0.2) is 11.5 Å². The Morgan fingerprint density at radius 3 is 2.87 bits per heavy atom. The van der Waals surface area contributed by atoms with Crippen molar-refractivity contribution < 1.29 is 14.6 Å². The van der Waals surface area contributed by atoms with Crippen LogP contribution in [0.4, 0.5) is 5.82 Å². The number of anilines is 1. The van der Waals surface area contributed by atoms with Gasteiger partial charge in [-0.15, -0.1) is 0 Å². The molecule has 164 valence electrons. The first kappa shape index (κ1) is 22.3.